The Hall–Kier alpha value is -3.90. The summed E-state index contributed by atoms with van der Waals surface area (Å²) in [5.74, 6) is -4.45. The quantitative estimate of drug-likeness (QED) is 0.502. The molecule has 0 saturated carbocycles. The van der Waals surface area contributed by atoms with Gasteiger partial charge in [0.25, 0.3) is 5.92 Å². The van der Waals surface area contributed by atoms with Gasteiger partial charge in [-0.25, -0.2) is 22.7 Å². The van der Waals surface area contributed by atoms with Gasteiger partial charge in [-0.2, -0.15) is 5.10 Å². The van der Waals surface area contributed by atoms with Crippen LogP contribution in [0.3, 0.4) is 0 Å². The zero-order valence-electron chi connectivity index (χ0n) is 17.1. The van der Waals surface area contributed by atoms with Crippen molar-refractivity contribution >= 4 is 17.4 Å². The van der Waals surface area contributed by atoms with Crippen LogP contribution >= 0.6 is 0 Å². The maximum absolute atomic E-state index is 14.3. The van der Waals surface area contributed by atoms with Gasteiger partial charge in [0.15, 0.2) is 0 Å². The number of hydrogen-bond acceptors (Lipinski definition) is 7. The molecule has 0 radical (unpaired) electrons. The van der Waals surface area contributed by atoms with E-state index >= 15 is 0 Å². The highest BCUT2D eigenvalue weighted by molar-refractivity contribution is 5.90. The van der Waals surface area contributed by atoms with Crippen LogP contribution in [0.5, 0.6) is 0 Å². The molecule has 0 spiro atoms. The molecule has 13 heteroatoms. The Balaban J connectivity index is 1.37. The third kappa shape index (κ3) is 3.22. The second kappa shape index (κ2) is 7.05. The number of fused-ring (bicyclic) bond motifs is 2. The van der Waals surface area contributed by atoms with Crippen molar-refractivity contribution in [1.29, 1.82) is 0 Å². The maximum atomic E-state index is 14.3. The second-order valence-corrected chi connectivity index (χ2v) is 8.09. The van der Waals surface area contributed by atoms with E-state index < -0.39 is 36.7 Å². The van der Waals surface area contributed by atoms with Crippen molar-refractivity contribution in [3.63, 3.8) is 0 Å². The fourth-order valence-corrected chi connectivity index (χ4v) is 4.38. The number of carbonyl (C=O) groups excluding carboxylic acids is 1. The number of carbonyl (C=O) groups is 1. The highest BCUT2D eigenvalue weighted by atomic mass is 19.3. The summed E-state index contributed by atoms with van der Waals surface area (Å²) in [6.45, 7) is -0.341. The summed E-state index contributed by atoms with van der Waals surface area (Å²) in [6.07, 6.45) is 3.38. The van der Waals surface area contributed by atoms with E-state index in [9.17, 15) is 18.0 Å². The molecule has 1 saturated heterocycles. The van der Waals surface area contributed by atoms with Crippen LogP contribution in [-0.4, -0.2) is 66.1 Å². The number of rotatable bonds is 3. The van der Waals surface area contributed by atoms with Crippen molar-refractivity contribution in [2.24, 2.45) is 0 Å². The number of nitrogens with zero attached hydrogens (tertiary/aromatic N) is 7. The van der Waals surface area contributed by atoms with E-state index in [1.165, 1.54) is 10.6 Å². The number of pyridine rings is 1. The average molecular weight is 458 g/mol. The van der Waals surface area contributed by atoms with E-state index in [-0.39, 0.29) is 18.5 Å². The molecule has 2 aliphatic heterocycles. The average Bonchev–Trinajstić information content (AvgIpc) is 3.57. The van der Waals surface area contributed by atoms with Crippen LogP contribution in [0.1, 0.15) is 40.2 Å². The first-order valence-electron chi connectivity index (χ1n) is 10.3. The van der Waals surface area contributed by atoms with E-state index in [1.54, 1.807) is 29.6 Å². The monoisotopic (exact) mass is 458 g/mol. The summed E-state index contributed by atoms with van der Waals surface area (Å²) in [5.41, 5.74) is 2.35. The van der Waals surface area contributed by atoms with Crippen LogP contribution in [0.25, 0.3) is 5.52 Å². The summed E-state index contributed by atoms with van der Waals surface area (Å²) < 4.78 is 48.4. The SMILES string of the molecule is O=C(c1nnc(N2CCc3[nH]cnc3[C@H]2c2cc3c(F)cccn3n2)o1)N1CCC(F)(F)C1. The Kier molecular flexibility index (Phi) is 4.22. The normalized spacial score (nSPS) is 19.9. The van der Waals surface area contributed by atoms with Crippen LogP contribution in [-0.2, 0) is 6.42 Å². The number of aromatic nitrogens is 6. The molecule has 0 bridgehead atoms. The fourth-order valence-electron chi connectivity index (χ4n) is 4.38. The van der Waals surface area contributed by atoms with Gasteiger partial charge in [-0.15, -0.1) is 5.10 Å². The molecule has 4 aromatic rings. The first-order valence-corrected chi connectivity index (χ1v) is 10.3. The van der Waals surface area contributed by atoms with E-state index in [2.05, 4.69) is 25.3 Å². The minimum atomic E-state index is -2.93. The molecule has 0 aromatic carbocycles. The molecule has 0 aliphatic carbocycles. The van der Waals surface area contributed by atoms with Crippen molar-refractivity contribution in [3.05, 3.63) is 59.5 Å². The molecular formula is C20H17F3N8O2. The molecule has 2 aliphatic rings. The molecule has 1 N–H and O–H groups in total. The zero-order valence-corrected chi connectivity index (χ0v) is 17.1. The minimum Gasteiger partial charge on any atom is -0.399 e. The van der Waals surface area contributed by atoms with Gasteiger partial charge in [0.2, 0.25) is 0 Å². The number of H-pyrrole nitrogens is 1. The highest BCUT2D eigenvalue weighted by Gasteiger charge is 2.42. The zero-order chi connectivity index (χ0) is 22.7. The summed E-state index contributed by atoms with van der Waals surface area (Å²) in [4.78, 5) is 22.8. The van der Waals surface area contributed by atoms with Gasteiger partial charge >= 0.3 is 17.8 Å². The number of halogens is 3. The number of alkyl halides is 2. The lowest BCUT2D eigenvalue weighted by molar-refractivity contribution is 0.0115. The summed E-state index contributed by atoms with van der Waals surface area (Å²) in [6, 6.07) is 3.96. The lowest BCUT2D eigenvalue weighted by atomic mass is 10.0. The number of imidazole rings is 1. The largest absolute Gasteiger partial charge is 0.399 e. The molecule has 1 amide bonds. The van der Waals surface area contributed by atoms with E-state index in [0.29, 0.717) is 29.9 Å². The predicted molar refractivity (Wildman–Crippen MR) is 106 cm³/mol. The summed E-state index contributed by atoms with van der Waals surface area (Å²) in [7, 11) is 0. The summed E-state index contributed by atoms with van der Waals surface area (Å²) in [5, 5.41) is 12.3. The topological polar surface area (TPSA) is 108 Å². The van der Waals surface area contributed by atoms with E-state index in [4.69, 9.17) is 4.42 Å². The lowest BCUT2D eigenvalue weighted by Gasteiger charge is -2.32. The van der Waals surface area contributed by atoms with Crippen molar-refractivity contribution < 1.29 is 22.4 Å². The van der Waals surface area contributed by atoms with Gasteiger partial charge in [-0.3, -0.25) is 4.79 Å². The molecule has 6 heterocycles. The molecule has 0 unspecified atom stereocenters. The number of nitrogens with one attached hydrogen (secondary N) is 1. The van der Waals surface area contributed by atoms with Crippen molar-refractivity contribution in [3.8, 4) is 0 Å². The second-order valence-electron chi connectivity index (χ2n) is 8.09. The number of likely N-dealkylation sites (tertiary alicyclic amines) is 1. The Morgan fingerprint density at radius 1 is 1.27 bits per heavy atom. The van der Waals surface area contributed by atoms with Crippen molar-refractivity contribution in [2.75, 3.05) is 24.5 Å². The van der Waals surface area contributed by atoms with Gasteiger partial charge in [0, 0.05) is 37.8 Å². The van der Waals surface area contributed by atoms with Crippen molar-refractivity contribution in [2.45, 2.75) is 24.8 Å². The standard InChI is InChI=1S/C20H17F3N8O2/c21-11-2-1-5-31-14(11)8-13(28-31)16-15-12(24-10-25-15)3-6-30(16)19-27-26-17(33-19)18(32)29-7-4-20(22,23)9-29/h1-2,5,8,10,16H,3-4,6-7,9H2,(H,24,25)/t16-/m1/s1. The predicted octanol–water partition coefficient (Wildman–Crippen LogP) is 2.21. The molecule has 1 fully saturated rings. The van der Waals surface area contributed by atoms with E-state index in [0.717, 1.165) is 10.6 Å². The Morgan fingerprint density at radius 2 is 2.15 bits per heavy atom. The van der Waals surface area contributed by atoms with Gasteiger partial charge in [-0.1, -0.05) is 5.10 Å². The number of anilines is 1. The Morgan fingerprint density at radius 3 is 2.94 bits per heavy atom. The third-order valence-electron chi connectivity index (χ3n) is 5.97. The minimum absolute atomic E-state index is 0.0282. The van der Waals surface area contributed by atoms with Gasteiger partial charge in [-0.05, 0) is 18.2 Å². The Labute approximate surface area is 184 Å². The fraction of sp³-hybridized carbons (Fsp3) is 0.350. The van der Waals surface area contributed by atoms with Crippen LogP contribution in [0.15, 0.2) is 35.1 Å². The number of hydrogen-bond donors (Lipinski definition) is 1. The highest BCUT2D eigenvalue weighted by Crippen LogP contribution is 2.36. The van der Waals surface area contributed by atoms with Gasteiger partial charge in [0.05, 0.1) is 24.3 Å². The Bertz CT molecular complexity index is 1360. The number of aromatic amines is 1. The molecule has 1 atom stereocenters. The molecule has 4 aromatic heterocycles. The van der Waals surface area contributed by atoms with Crippen LogP contribution in [0.4, 0.5) is 19.2 Å². The maximum Gasteiger partial charge on any atom is 0.319 e. The molecule has 33 heavy (non-hydrogen) atoms. The van der Waals surface area contributed by atoms with Gasteiger partial charge < -0.3 is 19.2 Å². The van der Waals surface area contributed by atoms with E-state index in [1.807, 2.05) is 0 Å². The van der Waals surface area contributed by atoms with Crippen LogP contribution in [0.2, 0.25) is 0 Å². The number of amides is 1. The first kappa shape index (κ1) is 19.8. The van der Waals surface area contributed by atoms with Gasteiger partial charge in [0.1, 0.15) is 17.4 Å². The molecule has 6 rings (SSSR count). The van der Waals surface area contributed by atoms with Crippen molar-refractivity contribution in [1.82, 2.24) is 34.7 Å². The lowest BCUT2D eigenvalue weighted by Crippen LogP contribution is -2.37. The molecule has 170 valence electrons. The molecular weight excluding hydrogens is 441 g/mol. The molecule has 10 nitrogen and oxygen atoms in total. The summed E-state index contributed by atoms with van der Waals surface area (Å²) >= 11 is 0. The van der Waals surface area contributed by atoms with Crippen LogP contribution < -0.4 is 4.90 Å². The first-order chi connectivity index (χ1) is 15.9. The smallest absolute Gasteiger partial charge is 0.319 e. The third-order valence-corrected chi connectivity index (χ3v) is 5.97. The van der Waals surface area contributed by atoms with Crippen LogP contribution in [0, 0.1) is 5.82 Å².